The predicted octanol–water partition coefficient (Wildman–Crippen LogP) is 2.05. The summed E-state index contributed by atoms with van der Waals surface area (Å²) in [6.45, 7) is 2.35. The highest BCUT2D eigenvalue weighted by molar-refractivity contribution is 5.88. The number of aromatic nitrogens is 2. The first-order valence-electron chi connectivity index (χ1n) is 6.01. The summed E-state index contributed by atoms with van der Waals surface area (Å²) in [7, 11) is 1.94. The second-order valence-electron chi connectivity index (χ2n) is 4.34. The van der Waals surface area contributed by atoms with Gasteiger partial charge in [-0.3, -0.25) is 0 Å². The summed E-state index contributed by atoms with van der Waals surface area (Å²) in [4.78, 5) is 15.0. The van der Waals surface area contributed by atoms with E-state index in [0.717, 1.165) is 11.4 Å². The van der Waals surface area contributed by atoms with Crippen molar-refractivity contribution in [3.63, 3.8) is 0 Å². The van der Waals surface area contributed by atoms with Gasteiger partial charge in [0.1, 0.15) is 11.6 Å². The molecule has 0 aliphatic heterocycles. The van der Waals surface area contributed by atoms with Crippen molar-refractivity contribution in [2.75, 3.05) is 6.61 Å². The summed E-state index contributed by atoms with van der Waals surface area (Å²) in [6, 6.07) is 4.85. The first-order chi connectivity index (χ1) is 9.08. The molecule has 2 aromatic rings. The van der Waals surface area contributed by atoms with Crippen molar-refractivity contribution in [3.05, 3.63) is 47.5 Å². The number of aryl methyl sites for hydroxylation is 2. The molecule has 1 heterocycles. The monoisotopic (exact) mass is 260 g/mol. The molecule has 0 amide bonds. The molecule has 0 unspecified atom stereocenters. The molecule has 0 aliphatic carbocycles. The Kier molecular flexibility index (Phi) is 3.85. The maximum atomic E-state index is 10.8. The van der Waals surface area contributed by atoms with E-state index in [1.807, 2.05) is 24.7 Å². The van der Waals surface area contributed by atoms with Crippen molar-refractivity contribution < 1.29 is 14.6 Å². The number of benzene rings is 1. The van der Waals surface area contributed by atoms with Crippen LogP contribution in [-0.2, 0) is 13.5 Å². The van der Waals surface area contributed by atoms with Gasteiger partial charge in [0.05, 0.1) is 12.2 Å². The topological polar surface area (TPSA) is 64.3 Å². The molecule has 0 aliphatic rings. The maximum absolute atomic E-state index is 10.8. The maximum Gasteiger partial charge on any atom is 0.335 e. The molecule has 1 aromatic carbocycles. The summed E-state index contributed by atoms with van der Waals surface area (Å²) < 4.78 is 7.60. The van der Waals surface area contributed by atoms with Crippen molar-refractivity contribution in [3.8, 4) is 5.75 Å². The Morgan fingerprint density at radius 2 is 2.26 bits per heavy atom. The van der Waals surface area contributed by atoms with Gasteiger partial charge in [0.15, 0.2) is 0 Å². The fraction of sp³-hybridized carbons (Fsp3) is 0.286. The number of ether oxygens (including phenoxy) is 1. The third kappa shape index (κ3) is 3.13. The zero-order valence-corrected chi connectivity index (χ0v) is 11.0. The molecule has 0 spiro atoms. The molecule has 0 bridgehead atoms. The molecule has 0 saturated heterocycles. The average Bonchev–Trinajstić information content (AvgIpc) is 2.77. The second kappa shape index (κ2) is 5.56. The van der Waals surface area contributed by atoms with Gasteiger partial charge in [0.25, 0.3) is 0 Å². The quantitative estimate of drug-likeness (QED) is 0.893. The fourth-order valence-electron chi connectivity index (χ4n) is 1.83. The lowest BCUT2D eigenvalue weighted by atomic mass is 10.1. The number of hydrogen-bond acceptors (Lipinski definition) is 3. The zero-order valence-electron chi connectivity index (χ0n) is 11.0. The van der Waals surface area contributed by atoms with Crippen LogP contribution in [0.5, 0.6) is 5.75 Å². The first-order valence-corrected chi connectivity index (χ1v) is 6.01. The minimum atomic E-state index is -0.928. The number of carboxylic acid groups (broad SMARTS) is 1. The molecule has 2 rings (SSSR count). The number of nitrogens with zero attached hydrogens (tertiary/aromatic N) is 2. The number of hydrogen-bond donors (Lipinski definition) is 1. The fourth-order valence-corrected chi connectivity index (χ4v) is 1.83. The molecule has 1 aromatic heterocycles. The van der Waals surface area contributed by atoms with Gasteiger partial charge in [-0.15, -0.1) is 0 Å². The van der Waals surface area contributed by atoms with E-state index in [1.165, 1.54) is 0 Å². The van der Waals surface area contributed by atoms with Gasteiger partial charge in [0, 0.05) is 25.9 Å². The summed E-state index contributed by atoms with van der Waals surface area (Å²) in [6.07, 6.45) is 4.36. The second-order valence-corrected chi connectivity index (χ2v) is 4.34. The van der Waals surface area contributed by atoms with Crippen LogP contribution in [0.2, 0.25) is 0 Å². The first kappa shape index (κ1) is 13.1. The summed E-state index contributed by atoms with van der Waals surface area (Å²) >= 11 is 0. The Labute approximate surface area is 111 Å². The molecular formula is C14H16N2O3. The number of carboxylic acids is 1. The minimum absolute atomic E-state index is 0.272. The number of carbonyl (C=O) groups is 1. The molecule has 0 radical (unpaired) electrons. The summed E-state index contributed by atoms with van der Waals surface area (Å²) in [5.74, 6) is 0.738. The third-order valence-corrected chi connectivity index (χ3v) is 2.93. The van der Waals surface area contributed by atoms with E-state index >= 15 is 0 Å². The molecular weight excluding hydrogens is 244 g/mol. The van der Waals surface area contributed by atoms with Crippen LogP contribution in [0.4, 0.5) is 0 Å². The van der Waals surface area contributed by atoms with Crippen LogP contribution in [0.15, 0.2) is 30.6 Å². The minimum Gasteiger partial charge on any atom is -0.493 e. The van der Waals surface area contributed by atoms with Gasteiger partial charge in [-0.1, -0.05) is 0 Å². The zero-order chi connectivity index (χ0) is 13.8. The predicted molar refractivity (Wildman–Crippen MR) is 70.5 cm³/mol. The molecule has 0 saturated carbocycles. The largest absolute Gasteiger partial charge is 0.493 e. The Morgan fingerprint density at radius 1 is 1.47 bits per heavy atom. The van der Waals surface area contributed by atoms with E-state index in [-0.39, 0.29) is 5.56 Å². The molecule has 1 N–H and O–H groups in total. The van der Waals surface area contributed by atoms with Gasteiger partial charge >= 0.3 is 5.97 Å². The van der Waals surface area contributed by atoms with Crippen LogP contribution < -0.4 is 4.74 Å². The smallest absolute Gasteiger partial charge is 0.335 e. The van der Waals surface area contributed by atoms with Gasteiger partial charge in [-0.2, -0.15) is 0 Å². The van der Waals surface area contributed by atoms with Crippen LogP contribution in [0.1, 0.15) is 21.7 Å². The average molecular weight is 260 g/mol. The van der Waals surface area contributed by atoms with Crippen molar-refractivity contribution in [1.29, 1.82) is 0 Å². The van der Waals surface area contributed by atoms with E-state index < -0.39 is 5.97 Å². The van der Waals surface area contributed by atoms with Crippen molar-refractivity contribution in [2.45, 2.75) is 13.3 Å². The van der Waals surface area contributed by atoms with Gasteiger partial charge in [0.2, 0.25) is 0 Å². The van der Waals surface area contributed by atoms with E-state index in [0.29, 0.717) is 18.8 Å². The van der Waals surface area contributed by atoms with E-state index in [2.05, 4.69) is 4.98 Å². The lowest BCUT2D eigenvalue weighted by molar-refractivity contribution is 0.0696. The normalized spacial score (nSPS) is 10.4. The summed E-state index contributed by atoms with van der Waals surface area (Å²) in [5, 5.41) is 8.88. The Balaban J connectivity index is 1.96. The lowest BCUT2D eigenvalue weighted by Gasteiger charge is -2.09. The lowest BCUT2D eigenvalue weighted by Crippen LogP contribution is -2.07. The van der Waals surface area contributed by atoms with Crippen molar-refractivity contribution in [1.82, 2.24) is 9.55 Å². The highest BCUT2D eigenvalue weighted by Gasteiger charge is 2.07. The van der Waals surface area contributed by atoms with Crippen LogP contribution in [-0.4, -0.2) is 27.2 Å². The Hall–Kier alpha value is -2.30. The molecule has 19 heavy (non-hydrogen) atoms. The molecule has 0 fully saturated rings. The van der Waals surface area contributed by atoms with E-state index in [9.17, 15) is 4.79 Å². The highest BCUT2D eigenvalue weighted by Crippen LogP contribution is 2.19. The van der Waals surface area contributed by atoms with Gasteiger partial charge in [-0.05, 0) is 30.7 Å². The number of rotatable bonds is 5. The number of aromatic carboxylic acids is 1. The third-order valence-electron chi connectivity index (χ3n) is 2.93. The van der Waals surface area contributed by atoms with Crippen LogP contribution in [0.3, 0.4) is 0 Å². The molecule has 5 heteroatoms. The standard InChI is InChI=1S/C14H16N2O3/c1-10-9-11(14(17)18)3-4-12(10)19-8-5-13-15-6-7-16(13)2/h3-4,6-7,9H,5,8H2,1-2H3,(H,17,18). The highest BCUT2D eigenvalue weighted by atomic mass is 16.5. The van der Waals surface area contributed by atoms with E-state index in [1.54, 1.807) is 24.4 Å². The van der Waals surface area contributed by atoms with Crippen LogP contribution in [0, 0.1) is 6.92 Å². The van der Waals surface area contributed by atoms with Crippen LogP contribution in [0.25, 0.3) is 0 Å². The summed E-state index contributed by atoms with van der Waals surface area (Å²) in [5.41, 5.74) is 1.09. The Morgan fingerprint density at radius 3 is 2.84 bits per heavy atom. The number of imidazole rings is 1. The molecule has 5 nitrogen and oxygen atoms in total. The van der Waals surface area contributed by atoms with Crippen molar-refractivity contribution in [2.24, 2.45) is 7.05 Å². The molecule has 100 valence electrons. The van der Waals surface area contributed by atoms with Gasteiger partial charge < -0.3 is 14.4 Å². The Bertz CT molecular complexity index is 590. The van der Waals surface area contributed by atoms with Crippen LogP contribution >= 0.6 is 0 Å². The van der Waals surface area contributed by atoms with Crippen molar-refractivity contribution >= 4 is 5.97 Å². The van der Waals surface area contributed by atoms with E-state index in [4.69, 9.17) is 9.84 Å². The van der Waals surface area contributed by atoms with Gasteiger partial charge in [-0.25, -0.2) is 9.78 Å². The molecule has 0 atom stereocenters. The SMILES string of the molecule is Cc1cc(C(=O)O)ccc1OCCc1nccn1C.